The van der Waals surface area contributed by atoms with Crippen LogP contribution in [0, 0.1) is 3.57 Å². The molecule has 0 aromatic heterocycles. The van der Waals surface area contributed by atoms with Crippen molar-refractivity contribution in [1.82, 2.24) is 0 Å². The molecule has 2 nitrogen and oxygen atoms in total. The molecule has 0 fully saturated rings. The first kappa shape index (κ1) is 13.1. The third-order valence-corrected chi connectivity index (χ3v) is 3.86. The van der Waals surface area contributed by atoms with Gasteiger partial charge in [-0.05, 0) is 63.7 Å². The zero-order valence-corrected chi connectivity index (χ0v) is 12.8. The van der Waals surface area contributed by atoms with E-state index in [0.29, 0.717) is 5.56 Å². The monoisotopic (exact) mass is 373 g/mol. The number of anilines is 1. The Morgan fingerprint density at radius 2 is 1.55 bits per heavy atom. The third kappa shape index (κ3) is 2.67. The van der Waals surface area contributed by atoms with E-state index in [4.69, 9.17) is 0 Å². The standard InChI is InChI=1S/C17H12INO/c18-13-8-10-14(11-9-13)19-17(20)16-7-3-5-12-4-1-2-6-15(12)16/h1-11H,(H,19,20). The van der Waals surface area contributed by atoms with Crippen molar-refractivity contribution >= 4 is 45.0 Å². The van der Waals surface area contributed by atoms with E-state index >= 15 is 0 Å². The Bertz CT molecular complexity index is 760. The summed E-state index contributed by atoms with van der Waals surface area (Å²) in [5.74, 6) is -0.0805. The van der Waals surface area contributed by atoms with Crippen LogP contribution < -0.4 is 5.32 Å². The van der Waals surface area contributed by atoms with Crippen LogP contribution in [0.1, 0.15) is 10.4 Å². The smallest absolute Gasteiger partial charge is 0.256 e. The number of rotatable bonds is 2. The van der Waals surface area contributed by atoms with Crippen molar-refractivity contribution in [3.05, 3.63) is 75.9 Å². The highest BCUT2D eigenvalue weighted by Gasteiger charge is 2.09. The second kappa shape index (κ2) is 5.63. The molecule has 0 spiro atoms. The lowest BCUT2D eigenvalue weighted by Gasteiger charge is -2.08. The van der Waals surface area contributed by atoms with E-state index in [1.807, 2.05) is 66.7 Å². The van der Waals surface area contributed by atoms with Gasteiger partial charge in [0.1, 0.15) is 0 Å². The highest BCUT2D eigenvalue weighted by Crippen LogP contribution is 2.20. The molecule has 0 atom stereocenters. The Kier molecular flexibility index (Phi) is 3.69. The minimum atomic E-state index is -0.0805. The van der Waals surface area contributed by atoms with E-state index in [1.54, 1.807) is 0 Å². The highest BCUT2D eigenvalue weighted by atomic mass is 127. The lowest BCUT2D eigenvalue weighted by Crippen LogP contribution is -2.12. The Morgan fingerprint density at radius 1 is 0.850 bits per heavy atom. The molecule has 3 heteroatoms. The van der Waals surface area contributed by atoms with Crippen molar-refractivity contribution in [2.45, 2.75) is 0 Å². The van der Waals surface area contributed by atoms with Gasteiger partial charge in [0, 0.05) is 14.8 Å². The van der Waals surface area contributed by atoms with Gasteiger partial charge in [0.25, 0.3) is 5.91 Å². The van der Waals surface area contributed by atoms with E-state index in [0.717, 1.165) is 20.0 Å². The lowest BCUT2D eigenvalue weighted by atomic mass is 10.0. The zero-order valence-electron chi connectivity index (χ0n) is 10.6. The van der Waals surface area contributed by atoms with Crippen molar-refractivity contribution in [1.29, 1.82) is 0 Å². The van der Waals surface area contributed by atoms with Gasteiger partial charge in [0.2, 0.25) is 0 Å². The molecule has 1 N–H and O–H groups in total. The fraction of sp³-hybridized carbons (Fsp3) is 0. The maximum Gasteiger partial charge on any atom is 0.256 e. The fourth-order valence-corrected chi connectivity index (χ4v) is 2.51. The number of carbonyl (C=O) groups excluding carboxylic acids is 1. The topological polar surface area (TPSA) is 29.1 Å². The number of hydrogen-bond donors (Lipinski definition) is 1. The highest BCUT2D eigenvalue weighted by molar-refractivity contribution is 14.1. The number of benzene rings is 3. The van der Waals surface area contributed by atoms with Gasteiger partial charge in [-0.25, -0.2) is 0 Å². The number of carbonyl (C=O) groups is 1. The van der Waals surface area contributed by atoms with Crippen LogP contribution in [-0.4, -0.2) is 5.91 Å². The average Bonchev–Trinajstić information content (AvgIpc) is 2.49. The first-order chi connectivity index (χ1) is 9.74. The van der Waals surface area contributed by atoms with Gasteiger partial charge >= 0.3 is 0 Å². The summed E-state index contributed by atoms with van der Waals surface area (Å²) in [6.45, 7) is 0. The molecule has 0 radical (unpaired) electrons. The zero-order chi connectivity index (χ0) is 13.9. The quantitative estimate of drug-likeness (QED) is 0.649. The second-order valence-electron chi connectivity index (χ2n) is 4.49. The predicted molar refractivity (Wildman–Crippen MR) is 91.1 cm³/mol. The number of nitrogens with one attached hydrogen (secondary N) is 1. The molecule has 3 rings (SSSR count). The molecule has 0 unspecified atom stereocenters. The molecular formula is C17H12INO. The maximum atomic E-state index is 12.4. The number of fused-ring (bicyclic) bond motifs is 1. The Hall–Kier alpha value is -1.88. The Morgan fingerprint density at radius 3 is 2.35 bits per heavy atom. The van der Waals surface area contributed by atoms with E-state index in [9.17, 15) is 4.79 Å². The molecule has 98 valence electrons. The van der Waals surface area contributed by atoms with E-state index in [2.05, 4.69) is 27.9 Å². The molecular weight excluding hydrogens is 361 g/mol. The van der Waals surface area contributed by atoms with Crippen LogP contribution in [0.25, 0.3) is 10.8 Å². The second-order valence-corrected chi connectivity index (χ2v) is 5.73. The normalized spacial score (nSPS) is 10.4. The average molecular weight is 373 g/mol. The van der Waals surface area contributed by atoms with Crippen LogP contribution in [0.2, 0.25) is 0 Å². The van der Waals surface area contributed by atoms with Gasteiger partial charge in [-0.3, -0.25) is 4.79 Å². The van der Waals surface area contributed by atoms with Gasteiger partial charge in [-0.15, -0.1) is 0 Å². The number of amides is 1. The van der Waals surface area contributed by atoms with Crippen molar-refractivity contribution in [2.75, 3.05) is 5.32 Å². The molecule has 20 heavy (non-hydrogen) atoms. The summed E-state index contributed by atoms with van der Waals surface area (Å²) in [6.07, 6.45) is 0. The number of hydrogen-bond acceptors (Lipinski definition) is 1. The third-order valence-electron chi connectivity index (χ3n) is 3.14. The molecule has 3 aromatic rings. The van der Waals surface area contributed by atoms with Crippen LogP contribution in [0.3, 0.4) is 0 Å². The molecule has 1 amide bonds. The van der Waals surface area contributed by atoms with Crippen molar-refractivity contribution in [2.24, 2.45) is 0 Å². The van der Waals surface area contributed by atoms with Crippen LogP contribution in [0.4, 0.5) is 5.69 Å². The van der Waals surface area contributed by atoms with Gasteiger partial charge < -0.3 is 5.32 Å². The molecule has 3 aromatic carbocycles. The Labute approximate surface area is 131 Å². The first-order valence-corrected chi connectivity index (χ1v) is 7.36. The summed E-state index contributed by atoms with van der Waals surface area (Å²) in [6, 6.07) is 21.4. The van der Waals surface area contributed by atoms with Gasteiger partial charge in [0.05, 0.1) is 0 Å². The van der Waals surface area contributed by atoms with E-state index in [-0.39, 0.29) is 5.91 Å². The van der Waals surface area contributed by atoms with Crippen LogP contribution in [-0.2, 0) is 0 Å². The molecule has 0 heterocycles. The van der Waals surface area contributed by atoms with Gasteiger partial charge in [-0.2, -0.15) is 0 Å². The SMILES string of the molecule is O=C(Nc1ccc(I)cc1)c1cccc2ccccc12. The Balaban J connectivity index is 1.94. The van der Waals surface area contributed by atoms with Gasteiger partial charge in [0.15, 0.2) is 0 Å². The van der Waals surface area contributed by atoms with Crippen molar-refractivity contribution in [3.8, 4) is 0 Å². The molecule has 0 aliphatic heterocycles. The largest absolute Gasteiger partial charge is 0.322 e. The first-order valence-electron chi connectivity index (χ1n) is 6.29. The summed E-state index contributed by atoms with van der Waals surface area (Å²) >= 11 is 2.24. The molecule has 0 aliphatic rings. The molecule has 0 saturated heterocycles. The maximum absolute atomic E-state index is 12.4. The lowest BCUT2D eigenvalue weighted by molar-refractivity contribution is 0.102. The van der Waals surface area contributed by atoms with Crippen molar-refractivity contribution in [3.63, 3.8) is 0 Å². The fourth-order valence-electron chi connectivity index (χ4n) is 2.16. The summed E-state index contributed by atoms with van der Waals surface area (Å²) < 4.78 is 1.14. The number of halogens is 1. The summed E-state index contributed by atoms with van der Waals surface area (Å²) in [4.78, 5) is 12.4. The van der Waals surface area contributed by atoms with Crippen LogP contribution >= 0.6 is 22.6 Å². The van der Waals surface area contributed by atoms with Crippen LogP contribution in [0.15, 0.2) is 66.7 Å². The van der Waals surface area contributed by atoms with Gasteiger partial charge in [-0.1, -0.05) is 36.4 Å². The molecule has 0 aliphatic carbocycles. The predicted octanol–water partition coefficient (Wildman–Crippen LogP) is 4.70. The van der Waals surface area contributed by atoms with E-state index in [1.165, 1.54) is 0 Å². The van der Waals surface area contributed by atoms with E-state index < -0.39 is 0 Å². The summed E-state index contributed by atoms with van der Waals surface area (Å²) in [7, 11) is 0. The molecule has 0 bridgehead atoms. The molecule has 0 saturated carbocycles. The summed E-state index contributed by atoms with van der Waals surface area (Å²) in [5.41, 5.74) is 1.50. The van der Waals surface area contributed by atoms with Crippen molar-refractivity contribution < 1.29 is 4.79 Å². The minimum Gasteiger partial charge on any atom is -0.322 e. The summed E-state index contributed by atoms with van der Waals surface area (Å²) in [5, 5.41) is 4.98. The minimum absolute atomic E-state index is 0.0805. The van der Waals surface area contributed by atoms with Crippen LogP contribution in [0.5, 0.6) is 0 Å².